The third-order valence-electron chi connectivity index (χ3n) is 3.86. The zero-order valence-electron chi connectivity index (χ0n) is 12.9. The molecule has 114 valence electrons. The molecular weight excluding hydrogens is 266 g/mol. The average Bonchev–Trinajstić information content (AvgIpc) is 2.82. The summed E-state index contributed by atoms with van der Waals surface area (Å²) in [7, 11) is 0. The minimum Gasteiger partial charge on any atom is -0.354 e. The molecule has 0 bridgehead atoms. The molecule has 0 atom stereocenters. The van der Waals surface area contributed by atoms with Crippen LogP contribution in [0.3, 0.4) is 0 Å². The number of H-pyrrole nitrogens is 1. The zero-order chi connectivity index (χ0) is 15.4. The average molecular weight is 289 g/mol. The Kier molecular flexibility index (Phi) is 4.96. The van der Waals surface area contributed by atoms with E-state index in [0.29, 0.717) is 24.2 Å². The second-order valence-corrected chi connectivity index (χ2v) is 5.39. The number of carbonyl (C=O) groups is 2. The Morgan fingerprint density at radius 2 is 2.14 bits per heavy atom. The summed E-state index contributed by atoms with van der Waals surface area (Å²) in [6.45, 7) is 7.72. The summed E-state index contributed by atoms with van der Waals surface area (Å²) < 4.78 is 0. The van der Waals surface area contributed by atoms with E-state index in [0.717, 1.165) is 30.8 Å². The summed E-state index contributed by atoms with van der Waals surface area (Å²) in [5.41, 5.74) is 4.01. The summed E-state index contributed by atoms with van der Waals surface area (Å²) in [6, 6.07) is 0. The van der Waals surface area contributed by atoms with Gasteiger partial charge in [-0.15, -0.1) is 0 Å². The summed E-state index contributed by atoms with van der Waals surface area (Å²) in [4.78, 5) is 27.1. The third-order valence-corrected chi connectivity index (χ3v) is 3.86. The molecule has 0 saturated carbocycles. The lowest BCUT2D eigenvalue weighted by Gasteiger charge is -2.14. The molecule has 0 aliphatic carbocycles. The van der Waals surface area contributed by atoms with Crippen molar-refractivity contribution in [3.63, 3.8) is 0 Å². The van der Waals surface area contributed by atoms with Crippen molar-refractivity contribution in [3.05, 3.63) is 34.2 Å². The topological polar surface area (TPSA) is 74.0 Å². The van der Waals surface area contributed by atoms with Gasteiger partial charge in [0.15, 0.2) is 5.78 Å². The highest BCUT2D eigenvalue weighted by Gasteiger charge is 2.21. The van der Waals surface area contributed by atoms with Crippen molar-refractivity contribution in [2.24, 2.45) is 0 Å². The van der Waals surface area contributed by atoms with E-state index in [4.69, 9.17) is 0 Å². The summed E-state index contributed by atoms with van der Waals surface area (Å²) in [5.74, 6) is -0.136. The van der Waals surface area contributed by atoms with Gasteiger partial charge in [-0.3, -0.25) is 9.59 Å². The summed E-state index contributed by atoms with van der Waals surface area (Å²) in [6.07, 6.45) is 3.74. The Bertz CT molecular complexity index is 585. The molecule has 0 spiro atoms. The predicted octanol–water partition coefficient (Wildman–Crippen LogP) is 1.74. The molecular formula is C16H23N3O2. The molecule has 1 amide bonds. The van der Waals surface area contributed by atoms with Gasteiger partial charge in [0, 0.05) is 24.3 Å². The first-order valence-corrected chi connectivity index (χ1v) is 7.43. The van der Waals surface area contributed by atoms with Crippen molar-refractivity contribution in [1.29, 1.82) is 0 Å². The summed E-state index contributed by atoms with van der Waals surface area (Å²) in [5, 5.41) is 6.19. The van der Waals surface area contributed by atoms with E-state index in [-0.39, 0.29) is 11.7 Å². The second-order valence-electron chi connectivity index (χ2n) is 5.39. The van der Waals surface area contributed by atoms with Crippen LogP contribution in [0.2, 0.25) is 0 Å². The largest absolute Gasteiger partial charge is 0.354 e. The lowest BCUT2D eigenvalue weighted by molar-refractivity contribution is 0.0951. The smallest absolute Gasteiger partial charge is 0.268 e. The number of aryl methyl sites for hydroxylation is 1. The van der Waals surface area contributed by atoms with Gasteiger partial charge in [-0.2, -0.15) is 0 Å². The Balaban J connectivity index is 2.13. The molecule has 21 heavy (non-hydrogen) atoms. The summed E-state index contributed by atoms with van der Waals surface area (Å²) >= 11 is 0. The van der Waals surface area contributed by atoms with E-state index in [1.165, 1.54) is 12.5 Å². The maximum Gasteiger partial charge on any atom is 0.268 e. The Morgan fingerprint density at radius 1 is 1.38 bits per heavy atom. The van der Waals surface area contributed by atoms with Gasteiger partial charge in [-0.25, -0.2) is 0 Å². The first kappa shape index (κ1) is 15.5. The first-order chi connectivity index (χ1) is 10.0. The van der Waals surface area contributed by atoms with Crippen LogP contribution in [-0.2, 0) is 6.42 Å². The zero-order valence-corrected chi connectivity index (χ0v) is 12.9. The Morgan fingerprint density at radius 3 is 2.71 bits per heavy atom. The van der Waals surface area contributed by atoms with Crippen LogP contribution in [-0.4, -0.2) is 36.3 Å². The van der Waals surface area contributed by atoms with Crippen molar-refractivity contribution in [1.82, 2.24) is 15.6 Å². The van der Waals surface area contributed by atoms with Gasteiger partial charge in [-0.05, 0) is 38.8 Å². The number of hydrogen-bond acceptors (Lipinski definition) is 3. The van der Waals surface area contributed by atoms with Crippen LogP contribution in [0.1, 0.15) is 52.4 Å². The monoisotopic (exact) mass is 289 g/mol. The number of amides is 1. The van der Waals surface area contributed by atoms with Crippen molar-refractivity contribution in [2.75, 3.05) is 19.6 Å². The molecule has 1 aliphatic rings. The number of carbonyl (C=O) groups excluding carboxylic acids is 2. The van der Waals surface area contributed by atoms with Crippen LogP contribution in [0.5, 0.6) is 0 Å². The van der Waals surface area contributed by atoms with E-state index < -0.39 is 0 Å². The van der Waals surface area contributed by atoms with E-state index in [1.807, 2.05) is 13.8 Å². The van der Waals surface area contributed by atoms with Gasteiger partial charge in [0.05, 0.1) is 0 Å². The lowest BCUT2D eigenvalue weighted by atomic mass is 10.0. The maximum atomic E-state index is 12.4. The van der Waals surface area contributed by atoms with E-state index >= 15 is 0 Å². The highest BCUT2D eigenvalue weighted by Crippen LogP contribution is 2.20. The number of ketones is 1. The molecule has 2 rings (SSSR count). The molecule has 1 aromatic rings. The number of aromatic amines is 1. The number of nitrogens with one attached hydrogen (secondary N) is 3. The van der Waals surface area contributed by atoms with Crippen molar-refractivity contribution >= 4 is 11.7 Å². The van der Waals surface area contributed by atoms with Gasteiger partial charge in [0.1, 0.15) is 5.69 Å². The van der Waals surface area contributed by atoms with Crippen molar-refractivity contribution in [2.45, 2.75) is 33.6 Å². The molecule has 5 nitrogen and oxygen atoms in total. The van der Waals surface area contributed by atoms with Gasteiger partial charge < -0.3 is 15.6 Å². The van der Waals surface area contributed by atoms with E-state index in [9.17, 15) is 9.59 Å². The molecule has 1 aliphatic heterocycles. The number of rotatable bonds is 5. The highest BCUT2D eigenvalue weighted by atomic mass is 16.2. The Labute approximate surface area is 125 Å². The lowest BCUT2D eigenvalue weighted by Crippen LogP contribution is -2.30. The van der Waals surface area contributed by atoms with Gasteiger partial charge in [0.2, 0.25) is 0 Å². The standard InChI is InChI=1S/C16H23N3O2/c1-4-13-14(11(3)20)10(2)19-15(13)16(21)18-9-12-5-7-17-8-6-12/h5,17,19H,4,6-9H2,1-3H3,(H,18,21). The molecule has 0 saturated heterocycles. The second kappa shape index (κ2) is 6.72. The fourth-order valence-electron chi connectivity index (χ4n) is 2.81. The van der Waals surface area contributed by atoms with Crippen molar-refractivity contribution in [3.8, 4) is 0 Å². The molecule has 1 aromatic heterocycles. The molecule has 0 radical (unpaired) electrons. The van der Waals surface area contributed by atoms with Crippen LogP contribution >= 0.6 is 0 Å². The number of aromatic nitrogens is 1. The van der Waals surface area contributed by atoms with Gasteiger partial charge in [0.25, 0.3) is 5.91 Å². The van der Waals surface area contributed by atoms with E-state index in [2.05, 4.69) is 21.7 Å². The molecule has 0 unspecified atom stereocenters. The van der Waals surface area contributed by atoms with E-state index in [1.54, 1.807) is 0 Å². The number of Topliss-reactive ketones (excluding diaryl/α,β-unsaturated/α-hetero) is 1. The molecule has 0 fully saturated rings. The van der Waals surface area contributed by atoms with Crippen LogP contribution in [0.4, 0.5) is 0 Å². The fourth-order valence-corrected chi connectivity index (χ4v) is 2.81. The molecule has 0 aromatic carbocycles. The number of hydrogen-bond donors (Lipinski definition) is 3. The first-order valence-electron chi connectivity index (χ1n) is 7.43. The minimum atomic E-state index is -0.137. The molecule has 2 heterocycles. The molecule has 5 heteroatoms. The SMILES string of the molecule is CCc1c(C(=O)NCC2=CCNCC2)[nH]c(C)c1C(C)=O. The van der Waals surface area contributed by atoms with Gasteiger partial charge in [-0.1, -0.05) is 18.6 Å². The maximum absolute atomic E-state index is 12.4. The van der Waals surface area contributed by atoms with Crippen molar-refractivity contribution < 1.29 is 9.59 Å². The fraction of sp³-hybridized carbons (Fsp3) is 0.500. The normalized spacial score (nSPS) is 14.7. The van der Waals surface area contributed by atoms with Crippen LogP contribution in [0, 0.1) is 6.92 Å². The molecule has 3 N–H and O–H groups in total. The predicted molar refractivity (Wildman–Crippen MR) is 82.8 cm³/mol. The van der Waals surface area contributed by atoms with Crippen LogP contribution in [0.15, 0.2) is 11.6 Å². The van der Waals surface area contributed by atoms with Crippen LogP contribution in [0.25, 0.3) is 0 Å². The minimum absolute atomic E-state index is 0.000660. The third kappa shape index (κ3) is 3.42. The highest BCUT2D eigenvalue weighted by molar-refractivity contribution is 6.02. The van der Waals surface area contributed by atoms with Crippen LogP contribution < -0.4 is 10.6 Å². The Hall–Kier alpha value is -1.88. The quantitative estimate of drug-likeness (QED) is 0.571. The van der Waals surface area contributed by atoms with Gasteiger partial charge >= 0.3 is 0 Å².